The fourth-order valence-corrected chi connectivity index (χ4v) is 2.21. The molecule has 1 aliphatic rings. The number of benzene rings is 1. The fraction of sp³-hybridized carbons (Fsp3) is 0.462. The quantitative estimate of drug-likeness (QED) is 0.693. The zero-order chi connectivity index (χ0) is 13.3. The number of phenolic OH excluding ortho intramolecular Hbond substituents is 2. The van der Waals surface area contributed by atoms with Crippen molar-refractivity contribution >= 4 is 5.91 Å². The maximum absolute atomic E-state index is 12.4. The molecule has 18 heavy (non-hydrogen) atoms. The summed E-state index contributed by atoms with van der Waals surface area (Å²) in [7, 11) is 0. The Labute approximate surface area is 106 Å². The van der Waals surface area contributed by atoms with Gasteiger partial charge in [-0.25, -0.2) is 0 Å². The number of hydrogen-bond acceptors (Lipinski definition) is 4. The minimum absolute atomic E-state index is 0.0522. The van der Waals surface area contributed by atoms with Crippen LogP contribution in [0.1, 0.15) is 24.2 Å². The van der Waals surface area contributed by atoms with E-state index in [1.165, 1.54) is 18.2 Å². The highest BCUT2D eigenvalue weighted by molar-refractivity contribution is 5.97. The Hall–Kier alpha value is -1.75. The summed E-state index contributed by atoms with van der Waals surface area (Å²) in [5, 5.41) is 22.2. The van der Waals surface area contributed by atoms with Crippen LogP contribution >= 0.6 is 0 Å². The van der Waals surface area contributed by atoms with Gasteiger partial charge >= 0.3 is 0 Å². The molecule has 1 fully saturated rings. The van der Waals surface area contributed by atoms with E-state index >= 15 is 0 Å². The van der Waals surface area contributed by atoms with E-state index < -0.39 is 0 Å². The summed E-state index contributed by atoms with van der Waals surface area (Å²) in [4.78, 5) is 14.1. The van der Waals surface area contributed by atoms with Crippen molar-refractivity contribution < 1.29 is 15.0 Å². The number of amides is 1. The van der Waals surface area contributed by atoms with Gasteiger partial charge in [-0.1, -0.05) is 0 Å². The van der Waals surface area contributed by atoms with Gasteiger partial charge < -0.3 is 20.4 Å². The first-order valence-electron chi connectivity index (χ1n) is 5.96. The molecule has 0 aliphatic carbocycles. The summed E-state index contributed by atoms with van der Waals surface area (Å²) in [6.45, 7) is 6.03. The maximum Gasteiger partial charge on any atom is 0.258 e. The minimum atomic E-state index is -0.292. The van der Waals surface area contributed by atoms with Crippen molar-refractivity contribution in [2.24, 2.45) is 0 Å². The highest BCUT2D eigenvalue weighted by Gasteiger charge is 2.34. The third-order valence-corrected chi connectivity index (χ3v) is 3.26. The third kappa shape index (κ3) is 2.26. The topological polar surface area (TPSA) is 72.8 Å². The van der Waals surface area contributed by atoms with Crippen LogP contribution in [0.2, 0.25) is 0 Å². The van der Waals surface area contributed by atoms with Gasteiger partial charge in [-0.15, -0.1) is 0 Å². The van der Waals surface area contributed by atoms with E-state index in [0.717, 1.165) is 13.1 Å². The lowest BCUT2D eigenvalue weighted by molar-refractivity contribution is 0.0474. The first kappa shape index (κ1) is 12.7. The Morgan fingerprint density at radius 3 is 2.72 bits per heavy atom. The van der Waals surface area contributed by atoms with Crippen LogP contribution in [-0.4, -0.2) is 46.2 Å². The molecule has 1 amide bonds. The first-order chi connectivity index (χ1) is 8.42. The van der Waals surface area contributed by atoms with Gasteiger partial charge in [0.2, 0.25) is 0 Å². The van der Waals surface area contributed by atoms with E-state index in [9.17, 15) is 15.0 Å². The lowest BCUT2D eigenvalue weighted by Gasteiger charge is -2.42. The van der Waals surface area contributed by atoms with E-state index in [1.54, 1.807) is 4.90 Å². The minimum Gasteiger partial charge on any atom is -0.508 e. The second-order valence-corrected chi connectivity index (χ2v) is 5.15. The molecule has 0 unspecified atom stereocenters. The first-order valence-corrected chi connectivity index (χ1v) is 5.96. The second-order valence-electron chi connectivity index (χ2n) is 5.15. The molecule has 5 nitrogen and oxygen atoms in total. The van der Waals surface area contributed by atoms with Crippen molar-refractivity contribution in [1.82, 2.24) is 10.2 Å². The molecule has 0 aromatic heterocycles. The number of nitrogens with zero attached hydrogens (tertiary/aromatic N) is 1. The van der Waals surface area contributed by atoms with Crippen LogP contribution < -0.4 is 5.32 Å². The largest absolute Gasteiger partial charge is 0.508 e. The number of carbonyl (C=O) groups is 1. The number of aromatic hydroxyl groups is 2. The van der Waals surface area contributed by atoms with Crippen LogP contribution in [-0.2, 0) is 0 Å². The third-order valence-electron chi connectivity index (χ3n) is 3.26. The van der Waals surface area contributed by atoms with E-state index in [0.29, 0.717) is 6.54 Å². The van der Waals surface area contributed by atoms with Crippen molar-refractivity contribution in [3.63, 3.8) is 0 Å². The van der Waals surface area contributed by atoms with Gasteiger partial charge in [0.05, 0.1) is 11.1 Å². The van der Waals surface area contributed by atoms with Gasteiger partial charge in [0, 0.05) is 25.7 Å². The molecule has 1 aliphatic heterocycles. The Balaban J connectivity index is 2.30. The van der Waals surface area contributed by atoms with Gasteiger partial charge in [0.25, 0.3) is 5.91 Å². The van der Waals surface area contributed by atoms with Crippen molar-refractivity contribution in [2.45, 2.75) is 19.4 Å². The van der Waals surface area contributed by atoms with Gasteiger partial charge in [-0.2, -0.15) is 0 Å². The average Bonchev–Trinajstić information content (AvgIpc) is 2.27. The number of rotatable bonds is 1. The smallest absolute Gasteiger partial charge is 0.258 e. The number of piperazine rings is 1. The van der Waals surface area contributed by atoms with Crippen molar-refractivity contribution in [3.8, 4) is 11.5 Å². The molecule has 3 N–H and O–H groups in total. The Bertz CT molecular complexity index is 471. The second kappa shape index (κ2) is 4.49. The molecule has 0 spiro atoms. The molecule has 98 valence electrons. The number of phenols is 2. The molecular formula is C13H18N2O3. The molecule has 5 heteroatoms. The standard InChI is InChI=1S/C13H18N2O3/c1-13(2)8-14-5-6-15(13)12(18)10-4-3-9(16)7-11(10)17/h3-4,7,14,16-17H,5-6,8H2,1-2H3. The molecule has 1 aromatic rings. The monoisotopic (exact) mass is 250 g/mol. The van der Waals surface area contributed by atoms with Gasteiger partial charge in [0.15, 0.2) is 0 Å². The highest BCUT2D eigenvalue weighted by atomic mass is 16.3. The van der Waals surface area contributed by atoms with Crippen molar-refractivity contribution in [2.75, 3.05) is 19.6 Å². The Morgan fingerprint density at radius 1 is 1.39 bits per heavy atom. The molecule has 2 rings (SSSR count). The Kier molecular flexibility index (Phi) is 3.17. The molecule has 0 atom stereocenters. The number of hydrogen-bond donors (Lipinski definition) is 3. The lowest BCUT2D eigenvalue weighted by Crippen LogP contribution is -2.59. The molecule has 0 saturated carbocycles. The molecule has 1 saturated heterocycles. The van der Waals surface area contributed by atoms with Crippen LogP contribution in [0.3, 0.4) is 0 Å². The summed E-state index contributed by atoms with van der Waals surface area (Å²) in [5.41, 5.74) is -0.0672. The molecule has 0 radical (unpaired) electrons. The maximum atomic E-state index is 12.4. The van der Waals surface area contributed by atoms with Gasteiger partial charge in [0.1, 0.15) is 11.5 Å². The van der Waals surface area contributed by atoms with Crippen molar-refractivity contribution in [3.05, 3.63) is 23.8 Å². The van der Waals surface area contributed by atoms with E-state index in [4.69, 9.17) is 0 Å². The van der Waals surface area contributed by atoms with Crippen molar-refractivity contribution in [1.29, 1.82) is 0 Å². The SMILES string of the molecule is CC1(C)CNCCN1C(=O)c1ccc(O)cc1O. The average molecular weight is 250 g/mol. The fourth-order valence-electron chi connectivity index (χ4n) is 2.21. The summed E-state index contributed by atoms with van der Waals surface area (Å²) in [6.07, 6.45) is 0. The van der Waals surface area contributed by atoms with E-state index in [-0.39, 0.29) is 28.5 Å². The molecule has 1 heterocycles. The lowest BCUT2D eigenvalue weighted by atomic mass is 9.98. The van der Waals surface area contributed by atoms with Crippen LogP contribution in [0.25, 0.3) is 0 Å². The summed E-state index contributed by atoms with van der Waals surface area (Å²) >= 11 is 0. The molecular weight excluding hydrogens is 232 g/mol. The molecule has 1 aromatic carbocycles. The normalized spacial score (nSPS) is 18.7. The predicted octanol–water partition coefficient (Wildman–Crippen LogP) is 0.922. The zero-order valence-corrected chi connectivity index (χ0v) is 10.6. The van der Waals surface area contributed by atoms with E-state index in [2.05, 4.69) is 5.32 Å². The van der Waals surface area contributed by atoms with Crippen LogP contribution in [0.4, 0.5) is 0 Å². The van der Waals surface area contributed by atoms with E-state index in [1.807, 2.05) is 13.8 Å². The van der Waals surface area contributed by atoms with Crippen LogP contribution in [0.5, 0.6) is 11.5 Å². The molecule has 0 bridgehead atoms. The number of nitrogens with one attached hydrogen (secondary N) is 1. The van der Waals surface area contributed by atoms with Gasteiger partial charge in [-0.05, 0) is 26.0 Å². The Morgan fingerprint density at radius 2 is 2.11 bits per heavy atom. The van der Waals surface area contributed by atoms with Crippen LogP contribution in [0.15, 0.2) is 18.2 Å². The summed E-state index contributed by atoms with van der Waals surface area (Å²) in [6, 6.07) is 4.04. The summed E-state index contributed by atoms with van der Waals surface area (Å²) in [5.74, 6) is -0.447. The zero-order valence-electron chi connectivity index (χ0n) is 10.6. The van der Waals surface area contributed by atoms with Crippen LogP contribution in [0, 0.1) is 0 Å². The number of carbonyl (C=O) groups excluding carboxylic acids is 1. The van der Waals surface area contributed by atoms with Gasteiger partial charge in [-0.3, -0.25) is 4.79 Å². The summed E-state index contributed by atoms with van der Waals surface area (Å²) < 4.78 is 0. The predicted molar refractivity (Wildman–Crippen MR) is 67.8 cm³/mol. The highest BCUT2D eigenvalue weighted by Crippen LogP contribution is 2.27.